The molecule has 3 aromatic rings. The first-order valence-electron chi connectivity index (χ1n) is 11.0. The Morgan fingerprint density at radius 1 is 0.886 bits per heavy atom. The molecule has 2 aliphatic heterocycles. The number of hydrogen-bond donors (Lipinski definition) is 0. The average molecular weight is 551 g/mol. The lowest BCUT2D eigenvalue weighted by Crippen LogP contribution is -2.51. The van der Waals surface area contributed by atoms with Crippen molar-refractivity contribution in [3.8, 4) is 0 Å². The first-order chi connectivity index (χ1) is 16.8. The lowest BCUT2D eigenvalue weighted by molar-refractivity contribution is -0.127. The Bertz CT molecular complexity index is 1430. The highest BCUT2D eigenvalue weighted by Crippen LogP contribution is 2.57. The molecule has 0 bridgehead atoms. The van der Waals surface area contributed by atoms with Gasteiger partial charge in [-0.05, 0) is 42.3 Å². The molecule has 3 atom stereocenters. The second-order valence-corrected chi connectivity index (χ2v) is 10.3. The third-order valence-corrected chi connectivity index (χ3v) is 8.07. The zero-order valence-electron chi connectivity index (χ0n) is 18.3. The van der Waals surface area contributed by atoms with Crippen molar-refractivity contribution in [3.05, 3.63) is 98.5 Å². The maximum absolute atomic E-state index is 13.9. The van der Waals surface area contributed by atoms with Crippen LogP contribution in [0.2, 0.25) is 5.02 Å². The third-order valence-electron chi connectivity index (χ3n) is 7.13. The Hall–Kier alpha value is -3.13. The summed E-state index contributed by atoms with van der Waals surface area (Å²) in [5.74, 6) is -4.69. The van der Waals surface area contributed by atoms with Gasteiger partial charge in [-0.2, -0.15) is 0 Å². The summed E-state index contributed by atoms with van der Waals surface area (Å²) < 4.78 is 7.08. The molecule has 0 radical (unpaired) electrons. The number of hydrogen-bond acceptors (Lipinski definition) is 5. The van der Waals surface area contributed by atoms with Gasteiger partial charge in [-0.1, -0.05) is 70.0 Å². The van der Waals surface area contributed by atoms with Crippen molar-refractivity contribution in [2.24, 2.45) is 11.8 Å². The van der Waals surface area contributed by atoms with Crippen LogP contribution >= 0.6 is 27.5 Å². The Balaban J connectivity index is 1.54. The number of benzene rings is 3. The van der Waals surface area contributed by atoms with E-state index in [4.69, 9.17) is 16.3 Å². The Morgan fingerprint density at radius 3 is 2.11 bits per heavy atom. The van der Waals surface area contributed by atoms with Gasteiger partial charge in [0.2, 0.25) is 29.0 Å². The maximum Gasteiger partial charge on any atom is 0.241 e. The van der Waals surface area contributed by atoms with Gasteiger partial charge in [0.05, 0.1) is 23.6 Å². The minimum absolute atomic E-state index is 0.199. The number of rotatable bonds is 2. The molecule has 174 valence electrons. The molecule has 2 fully saturated rings. The van der Waals surface area contributed by atoms with Crippen molar-refractivity contribution < 1.29 is 23.9 Å². The molecule has 3 aliphatic rings. The Kier molecular flexibility index (Phi) is 4.90. The van der Waals surface area contributed by atoms with E-state index in [0.29, 0.717) is 16.3 Å². The van der Waals surface area contributed by atoms with Gasteiger partial charge in [-0.3, -0.25) is 19.2 Å². The van der Waals surface area contributed by atoms with Crippen molar-refractivity contribution in [1.29, 1.82) is 0 Å². The summed E-state index contributed by atoms with van der Waals surface area (Å²) >= 11 is 9.68. The van der Waals surface area contributed by atoms with Crippen LogP contribution in [0.1, 0.15) is 37.9 Å². The minimum Gasteiger partial charge on any atom is -0.349 e. The van der Waals surface area contributed by atoms with Gasteiger partial charge >= 0.3 is 0 Å². The number of ether oxygens (including phenoxy) is 1. The highest BCUT2D eigenvalue weighted by atomic mass is 79.9. The van der Waals surface area contributed by atoms with Crippen LogP contribution in [0.4, 0.5) is 5.69 Å². The van der Waals surface area contributed by atoms with Crippen LogP contribution in [0.5, 0.6) is 0 Å². The number of anilines is 1. The molecule has 2 saturated heterocycles. The largest absolute Gasteiger partial charge is 0.349 e. The summed E-state index contributed by atoms with van der Waals surface area (Å²) in [5.41, 5.74) is -0.0117. The predicted octanol–water partition coefficient (Wildman–Crippen LogP) is 5.11. The SMILES string of the molecule is Cc1ccc(N2C(=O)[C@H]3[C@@H](C2=O)C2(O[C@H]3c3ccc(Br)cc3)C(=O)c3ccccc3C2=O)cc1Cl. The van der Waals surface area contributed by atoms with Crippen molar-refractivity contribution in [3.63, 3.8) is 0 Å². The number of carbonyl (C=O) groups is 4. The molecule has 35 heavy (non-hydrogen) atoms. The average Bonchev–Trinajstić information content (AvgIpc) is 3.41. The predicted molar refractivity (Wildman–Crippen MR) is 131 cm³/mol. The molecule has 6 nitrogen and oxygen atoms in total. The van der Waals surface area contributed by atoms with Crippen LogP contribution in [0, 0.1) is 18.8 Å². The maximum atomic E-state index is 13.9. The highest BCUT2D eigenvalue weighted by molar-refractivity contribution is 9.10. The quantitative estimate of drug-likeness (QED) is 0.327. The molecule has 2 amide bonds. The molecule has 0 saturated carbocycles. The molecule has 2 heterocycles. The highest BCUT2D eigenvalue weighted by Gasteiger charge is 2.74. The zero-order chi connectivity index (χ0) is 24.6. The molecular weight excluding hydrogens is 534 g/mol. The summed E-state index contributed by atoms with van der Waals surface area (Å²) in [4.78, 5) is 56.2. The third kappa shape index (κ3) is 2.92. The molecule has 0 unspecified atom stereocenters. The van der Waals surface area contributed by atoms with E-state index >= 15 is 0 Å². The van der Waals surface area contributed by atoms with Gasteiger partial charge in [-0.15, -0.1) is 0 Å². The number of carbonyl (C=O) groups excluding carboxylic acids is 4. The van der Waals surface area contributed by atoms with Crippen LogP contribution in [0.25, 0.3) is 0 Å². The van der Waals surface area contributed by atoms with Crippen LogP contribution in [-0.2, 0) is 14.3 Å². The summed E-state index contributed by atoms with van der Waals surface area (Å²) in [7, 11) is 0. The fourth-order valence-corrected chi connectivity index (χ4v) is 5.89. The van der Waals surface area contributed by atoms with Crippen molar-refractivity contribution >= 4 is 56.6 Å². The number of Topliss-reactive ketones (excluding diaryl/α,β-unsaturated/α-hetero) is 2. The van der Waals surface area contributed by atoms with Crippen LogP contribution in [-0.4, -0.2) is 29.0 Å². The second-order valence-electron chi connectivity index (χ2n) is 8.98. The Labute approximate surface area is 214 Å². The first kappa shape index (κ1) is 22.3. The van der Waals surface area contributed by atoms with Gasteiger partial charge in [0.1, 0.15) is 0 Å². The second kappa shape index (κ2) is 7.68. The fraction of sp³-hybridized carbons (Fsp3) is 0.185. The lowest BCUT2D eigenvalue weighted by atomic mass is 9.77. The molecule has 6 rings (SSSR count). The molecule has 8 heteroatoms. The van der Waals surface area contributed by atoms with E-state index in [1.54, 1.807) is 66.7 Å². The van der Waals surface area contributed by atoms with E-state index in [1.165, 1.54) is 0 Å². The fourth-order valence-electron chi connectivity index (χ4n) is 5.45. The normalized spacial score (nSPS) is 24.4. The molecule has 0 N–H and O–H groups in total. The van der Waals surface area contributed by atoms with E-state index in [9.17, 15) is 19.2 Å². The minimum atomic E-state index is -2.10. The van der Waals surface area contributed by atoms with Gasteiger partial charge in [0.25, 0.3) is 0 Å². The first-order valence-corrected chi connectivity index (χ1v) is 12.2. The van der Waals surface area contributed by atoms with Gasteiger partial charge in [0.15, 0.2) is 0 Å². The monoisotopic (exact) mass is 549 g/mol. The lowest BCUT2D eigenvalue weighted by Gasteiger charge is -2.27. The van der Waals surface area contributed by atoms with E-state index < -0.39 is 46.9 Å². The summed E-state index contributed by atoms with van der Waals surface area (Å²) in [6, 6.07) is 18.4. The van der Waals surface area contributed by atoms with Gasteiger partial charge < -0.3 is 4.74 Å². The summed E-state index contributed by atoms with van der Waals surface area (Å²) in [6.07, 6.45) is -0.960. The topological polar surface area (TPSA) is 80.8 Å². The summed E-state index contributed by atoms with van der Waals surface area (Å²) in [6.45, 7) is 1.81. The van der Waals surface area contributed by atoms with E-state index in [-0.39, 0.29) is 11.1 Å². The van der Waals surface area contributed by atoms with Crippen molar-refractivity contribution in [2.45, 2.75) is 18.6 Å². The number of fused-ring (bicyclic) bond motifs is 3. The van der Waals surface area contributed by atoms with E-state index in [2.05, 4.69) is 15.9 Å². The molecule has 3 aromatic carbocycles. The van der Waals surface area contributed by atoms with Crippen LogP contribution in [0.15, 0.2) is 71.2 Å². The molecule has 1 aliphatic carbocycles. The molecule has 1 spiro atoms. The number of nitrogens with zero attached hydrogens (tertiary/aromatic N) is 1. The number of imide groups is 1. The summed E-state index contributed by atoms with van der Waals surface area (Å²) in [5, 5.41) is 0.399. The van der Waals surface area contributed by atoms with Crippen molar-refractivity contribution in [1.82, 2.24) is 0 Å². The molecule has 0 aromatic heterocycles. The standard InChI is InChI=1S/C27H17BrClNO5/c1-13-6-11-16(12-19(13)29)30-25(33)20-21(26(30)34)27(35-22(20)14-7-9-15(28)10-8-14)23(31)17-4-2-3-5-18(17)24(27)32/h2-12,20-22H,1H3/t20-,21-,22-/m0/s1. The van der Waals surface area contributed by atoms with E-state index in [0.717, 1.165) is 14.9 Å². The number of aryl methyl sites for hydroxylation is 1. The Morgan fingerprint density at radius 2 is 1.51 bits per heavy atom. The van der Waals surface area contributed by atoms with E-state index in [1.807, 2.05) is 6.92 Å². The number of halogens is 2. The number of ketones is 2. The number of amides is 2. The van der Waals surface area contributed by atoms with Gasteiger partial charge in [-0.25, -0.2) is 4.90 Å². The van der Waals surface area contributed by atoms with Crippen LogP contribution < -0.4 is 4.90 Å². The van der Waals surface area contributed by atoms with Crippen LogP contribution in [0.3, 0.4) is 0 Å². The van der Waals surface area contributed by atoms with Crippen molar-refractivity contribution in [2.75, 3.05) is 4.90 Å². The molecular formula is C27H17BrClNO5. The van der Waals surface area contributed by atoms with Gasteiger partial charge in [0, 0.05) is 20.6 Å². The zero-order valence-corrected chi connectivity index (χ0v) is 20.7. The smallest absolute Gasteiger partial charge is 0.241 e.